The third-order valence-electron chi connectivity index (χ3n) is 4.43. The predicted octanol–water partition coefficient (Wildman–Crippen LogP) is 1.99. The molecule has 1 atom stereocenters. The van der Waals surface area contributed by atoms with Crippen LogP contribution in [0.1, 0.15) is 52.9 Å². The summed E-state index contributed by atoms with van der Waals surface area (Å²) >= 11 is 0. The Balaban J connectivity index is 1.80. The number of alkyl carbamates (subject to hydrolysis) is 1. The van der Waals surface area contributed by atoms with Gasteiger partial charge in [0.2, 0.25) is 5.91 Å². The number of carbonyl (C=O) groups is 2. The molecule has 0 bridgehead atoms. The summed E-state index contributed by atoms with van der Waals surface area (Å²) in [7, 11) is 0. The van der Waals surface area contributed by atoms with Gasteiger partial charge in [-0.25, -0.2) is 4.79 Å². The molecule has 2 heterocycles. The van der Waals surface area contributed by atoms with Crippen molar-refractivity contribution < 1.29 is 14.3 Å². The van der Waals surface area contributed by atoms with E-state index >= 15 is 0 Å². The van der Waals surface area contributed by atoms with E-state index in [1.807, 2.05) is 25.7 Å². The molecule has 132 valence electrons. The molecule has 6 heteroatoms. The minimum Gasteiger partial charge on any atom is -0.444 e. The van der Waals surface area contributed by atoms with E-state index in [9.17, 15) is 9.59 Å². The van der Waals surface area contributed by atoms with E-state index in [0.717, 1.165) is 51.7 Å². The third-order valence-corrected chi connectivity index (χ3v) is 4.43. The van der Waals surface area contributed by atoms with Crippen LogP contribution in [0.2, 0.25) is 0 Å². The lowest BCUT2D eigenvalue weighted by molar-refractivity contribution is -0.132. The first-order valence-corrected chi connectivity index (χ1v) is 8.84. The maximum atomic E-state index is 12.4. The fraction of sp³-hybridized carbons (Fsp3) is 0.882. The summed E-state index contributed by atoms with van der Waals surface area (Å²) < 4.78 is 5.28. The van der Waals surface area contributed by atoms with Crippen molar-refractivity contribution >= 4 is 12.0 Å². The number of rotatable bonds is 4. The lowest BCUT2D eigenvalue weighted by atomic mass is 10.0. The van der Waals surface area contributed by atoms with E-state index in [-0.39, 0.29) is 18.0 Å². The van der Waals surface area contributed by atoms with Crippen molar-refractivity contribution in [3.8, 4) is 0 Å². The molecule has 2 saturated heterocycles. The van der Waals surface area contributed by atoms with E-state index in [0.29, 0.717) is 13.1 Å². The largest absolute Gasteiger partial charge is 0.444 e. The summed E-state index contributed by atoms with van der Waals surface area (Å²) in [6.45, 7) is 9.31. The molecule has 0 radical (unpaired) electrons. The molecule has 0 spiro atoms. The van der Waals surface area contributed by atoms with Gasteiger partial charge in [0.15, 0.2) is 0 Å². The average Bonchev–Trinajstić information content (AvgIpc) is 2.99. The van der Waals surface area contributed by atoms with Gasteiger partial charge in [0.1, 0.15) is 5.60 Å². The van der Waals surface area contributed by atoms with Crippen molar-refractivity contribution in [1.82, 2.24) is 15.1 Å². The van der Waals surface area contributed by atoms with Crippen LogP contribution in [-0.2, 0) is 9.53 Å². The summed E-state index contributed by atoms with van der Waals surface area (Å²) in [6.07, 6.45) is 5.15. The van der Waals surface area contributed by atoms with Gasteiger partial charge in [0, 0.05) is 25.7 Å². The van der Waals surface area contributed by atoms with Crippen LogP contribution in [0.3, 0.4) is 0 Å². The Morgan fingerprint density at radius 1 is 1.09 bits per heavy atom. The summed E-state index contributed by atoms with van der Waals surface area (Å²) in [4.78, 5) is 28.4. The van der Waals surface area contributed by atoms with Crippen LogP contribution in [0.25, 0.3) is 0 Å². The highest BCUT2D eigenvalue weighted by Crippen LogP contribution is 2.18. The van der Waals surface area contributed by atoms with Crippen LogP contribution in [-0.4, -0.2) is 66.2 Å². The Morgan fingerprint density at radius 3 is 2.39 bits per heavy atom. The van der Waals surface area contributed by atoms with Gasteiger partial charge < -0.3 is 15.0 Å². The maximum absolute atomic E-state index is 12.4. The molecule has 2 fully saturated rings. The highest BCUT2D eigenvalue weighted by Gasteiger charge is 2.28. The van der Waals surface area contributed by atoms with E-state index in [1.165, 1.54) is 0 Å². The number of hydrogen-bond acceptors (Lipinski definition) is 4. The van der Waals surface area contributed by atoms with Crippen molar-refractivity contribution in [3.05, 3.63) is 0 Å². The second-order valence-corrected chi connectivity index (χ2v) is 7.59. The van der Waals surface area contributed by atoms with Crippen LogP contribution in [0, 0.1) is 0 Å². The van der Waals surface area contributed by atoms with Crippen LogP contribution in [0.15, 0.2) is 0 Å². The van der Waals surface area contributed by atoms with Gasteiger partial charge in [0.05, 0.1) is 6.54 Å². The molecule has 0 aromatic heterocycles. The first kappa shape index (κ1) is 18.0. The molecule has 0 unspecified atom stereocenters. The number of carbonyl (C=O) groups excluding carboxylic acids is 2. The molecule has 0 aromatic rings. The lowest BCUT2D eigenvalue weighted by Crippen LogP contribution is -2.50. The van der Waals surface area contributed by atoms with Crippen molar-refractivity contribution in [2.24, 2.45) is 0 Å². The van der Waals surface area contributed by atoms with E-state index in [1.54, 1.807) is 0 Å². The van der Waals surface area contributed by atoms with Crippen molar-refractivity contribution in [2.45, 2.75) is 64.5 Å². The van der Waals surface area contributed by atoms with E-state index in [2.05, 4.69) is 10.2 Å². The van der Waals surface area contributed by atoms with Crippen LogP contribution in [0.5, 0.6) is 0 Å². The number of piperidine rings is 1. The normalized spacial score (nSPS) is 22.9. The summed E-state index contributed by atoms with van der Waals surface area (Å²) in [6, 6.07) is 0.225. The van der Waals surface area contributed by atoms with Crippen LogP contribution >= 0.6 is 0 Å². The molecular weight excluding hydrogens is 294 g/mol. The summed E-state index contributed by atoms with van der Waals surface area (Å²) in [5.74, 6) is 0.228. The average molecular weight is 325 g/mol. The molecule has 0 aromatic carbocycles. The predicted molar refractivity (Wildman–Crippen MR) is 89.3 cm³/mol. The Morgan fingerprint density at radius 2 is 1.74 bits per heavy atom. The van der Waals surface area contributed by atoms with Crippen molar-refractivity contribution in [3.63, 3.8) is 0 Å². The molecule has 2 aliphatic rings. The quantitative estimate of drug-likeness (QED) is 0.859. The SMILES string of the molecule is CC(C)(C)OC(=O)NC[C@H]1CCCCN1CC(=O)N1CCCC1. The first-order valence-electron chi connectivity index (χ1n) is 8.84. The minimum atomic E-state index is -0.484. The lowest BCUT2D eigenvalue weighted by Gasteiger charge is -2.36. The second kappa shape index (κ2) is 7.99. The number of nitrogens with one attached hydrogen (secondary N) is 1. The molecule has 2 rings (SSSR count). The fourth-order valence-electron chi connectivity index (χ4n) is 3.25. The zero-order valence-corrected chi connectivity index (χ0v) is 14.8. The first-order chi connectivity index (χ1) is 10.8. The topological polar surface area (TPSA) is 61.9 Å². The van der Waals surface area contributed by atoms with Gasteiger partial charge in [-0.05, 0) is 53.0 Å². The number of hydrogen-bond donors (Lipinski definition) is 1. The van der Waals surface area contributed by atoms with Crippen LogP contribution in [0.4, 0.5) is 4.79 Å². The smallest absolute Gasteiger partial charge is 0.407 e. The Hall–Kier alpha value is -1.30. The number of ether oxygens (including phenoxy) is 1. The standard InChI is InChI=1S/C17H31N3O3/c1-17(2,3)23-16(22)18-12-14-8-4-5-11-20(14)13-15(21)19-9-6-7-10-19/h14H,4-13H2,1-3H3,(H,18,22)/t14-/m1/s1. The zero-order chi connectivity index (χ0) is 16.9. The highest BCUT2D eigenvalue weighted by atomic mass is 16.6. The Kier molecular flexibility index (Phi) is 6.27. The summed E-state index contributed by atoms with van der Waals surface area (Å²) in [5.41, 5.74) is -0.484. The monoisotopic (exact) mass is 325 g/mol. The van der Waals surface area contributed by atoms with Crippen molar-refractivity contribution in [1.29, 1.82) is 0 Å². The Labute approximate surface area is 139 Å². The molecule has 0 aliphatic carbocycles. The maximum Gasteiger partial charge on any atom is 0.407 e. The third kappa shape index (κ3) is 6.01. The van der Waals surface area contributed by atoms with Gasteiger partial charge in [-0.15, -0.1) is 0 Å². The van der Waals surface area contributed by atoms with Crippen LogP contribution < -0.4 is 5.32 Å². The van der Waals surface area contributed by atoms with Crippen molar-refractivity contribution in [2.75, 3.05) is 32.7 Å². The molecule has 23 heavy (non-hydrogen) atoms. The summed E-state index contributed by atoms with van der Waals surface area (Å²) in [5, 5.41) is 2.85. The zero-order valence-electron chi connectivity index (χ0n) is 14.8. The number of likely N-dealkylation sites (tertiary alicyclic amines) is 2. The molecule has 2 aliphatic heterocycles. The van der Waals surface area contributed by atoms with Gasteiger partial charge in [-0.1, -0.05) is 6.42 Å². The van der Waals surface area contributed by atoms with Gasteiger partial charge >= 0.3 is 6.09 Å². The molecule has 2 amide bonds. The number of nitrogens with zero attached hydrogens (tertiary/aromatic N) is 2. The molecule has 0 saturated carbocycles. The van der Waals surface area contributed by atoms with E-state index < -0.39 is 5.60 Å². The van der Waals surface area contributed by atoms with Gasteiger partial charge in [-0.3, -0.25) is 9.69 Å². The minimum absolute atomic E-state index is 0.225. The highest BCUT2D eigenvalue weighted by molar-refractivity contribution is 5.78. The van der Waals surface area contributed by atoms with Gasteiger partial charge in [0.25, 0.3) is 0 Å². The van der Waals surface area contributed by atoms with E-state index in [4.69, 9.17) is 4.74 Å². The second-order valence-electron chi connectivity index (χ2n) is 7.59. The molecule has 1 N–H and O–H groups in total. The molecular formula is C17H31N3O3. The Bertz CT molecular complexity index is 414. The molecule has 6 nitrogen and oxygen atoms in total. The fourth-order valence-corrected chi connectivity index (χ4v) is 3.25. The van der Waals surface area contributed by atoms with Gasteiger partial charge in [-0.2, -0.15) is 0 Å². The number of amides is 2.